The molecule has 0 aliphatic rings. The summed E-state index contributed by atoms with van der Waals surface area (Å²) >= 11 is 3.44. The highest BCUT2D eigenvalue weighted by atomic mass is 32.1. The topological polar surface area (TPSA) is 25.8 Å². The summed E-state index contributed by atoms with van der Waals surface area (Å²) in [6, 6.07) is 19.4. The lowest BCUT2D eigenvalue weighted by atomic mass is 10.0. The molecule has 0 atom stereocenters. The van der Waals surface area contributed by atoms with E-state index < -0.39 is 14.5 Å². The van der Waals surface area contributed by atoms with E-state index in [1.54, 1.807) is 29.0 Å². The van der Waals surface area contributed by atoms with Crippen LogP contribution in [0.5, 0.6) is 0 Å². The van der Waals surface area contributed by atoms with Crippen LogP contribution in [-0.2, 0) is 6.42 Å². The number of aryl methyl sites for hydroxylation is 1. The summed E-state index contributed by atoms with van der Waals surface area (Å²) in [5.74, 6) is 0. The van der Waals surface area contributed by atoms with Crippen LogP contribution in [0.4, 0.5) is 8.78 Å². The van der Waals surface area contributed by atoms with Gasteiger partial charge in [-0.25, -0.2) is 18.7 Å². The van der Waals surface area contributed by atoms with E-state index in [4.69, 9.17) is 4.98 Å². The average Bonchev–Trinajstić information content (AvgIpc) is 3.37. The molecule has 7 heteroatoms. The number of nitrogens with zero attached hydrogens (tertiary/aromatic N) is 2. The van der Waals surface area contributed by atoms with Crippen molar-refractivity contribution in [3.05, 3.63) is 66.5 Å². The Morgan fingerprint density at radius 1 is 0.857 bits per heavy atom. The smallest absolute Gasteiger partial charge is 0.235 e. The normalized spacial score (nSPS) is 12.6. The zero-order valence-electron chi connectivity index (χ0n) is 19.7. The maximum absolute atomic E-state index is 12.7. The Labute approximate surface area is 211 Å². The number of hydrogen-bond donors (Lipinski definition) is 0. The van der Waals surface area contributed by atoms with Crippen molar-refractivity contribution in [1.29, 1.82) is 0 Å². The van der Waals surface area contributed by atoms with Gasteiger partial charge >= 0.3 is 0 Å². The Bertz CT molecular complexity index is 1730. The van der Waals surface area contributed by atoms with E-state index >= 15 is 0 Å². The van der Waals surface area contributed by atoms with Gasteiger partial charge in [-0.1, -0.05) is 67.3 Å². The van der Waals surface area contributed by atoms with Crippen LogP contribution >= 0.6 is 22.7 Å². The van der Waals surface area contributed by atoms with Gasteiger partial charge in [0.2, 0.25) is 6.43 Å². The van der Waals surface area contributed by atoms with E-state index in [2.05, 4.69) is 73.2 Å². The maximum Gasteiger partial charge on any atom is 0.239 e. The van der Waals surface area contributed by atoms with Gasteiger partial charge in [0, 0.05) is 22.1 Å². The summed E-state index contributed by atoms with van der Waals surface area (Å²) in [4.78, 5) is 9.45. The van der Waals surface area contributed by atoms with Gasteiger partial charge in [-0.2, -0.15) is 0 Å². The summed E-state index contributed by atoms with van der Waals surface area (Å²) in [7, 11) is -1.59. The highest BCUT2D eigenvalue weighted by Crippen LogP contribution is 2.46. The van der Waals surface area contributed by atoms with Crippen LogP contribution in [0.25, 0.3) is 51.7 Å². The van der Waals surface area contributed by atoms with Gasteiger partial charge in [0.05, 0.1) is 27.9 Å². The molecular formula is C28H24F2N2S2Si. The van der Waals surface area contributed by atoms with Crippen LogP contribution in [0.2, 0.25) is 19.6 Å². The first-order valence-electron chi connectivity index (χ1n) is 11.7. The van der Waals surface area contributed by atoms with E-state index in [1.165, 1.54) is 26.0 Å². The molecular weight excluding hydrogens is 495 g/mol. The summed E-state index contributed by atoms with van der Waals surface area (Å²) in [6.07, 6.45) is -0.303. The van der Waals surface area contributed by atoms with Crippen molar-refractivity contribution in [2.75, 3.05) is 0 Å². The third-order valence-electron chi connectivity index (χ3n) is 6.53. The largest absolute Gasteiger partial charge is 0.239 e. The fourth-order valence-electron chi connectivity index (χ4n) is 4.81. The van der Waals surface area contributed by atoms with Crippen molar-refractivity contribution in [3.8, 4) is 11.3 Å². The standard InChI is InChI=1S/C28H24F2N2S2Si/c1-35(2,3)22-14-18(13-17-6-4-5-7-19(17)22)24-27-25(32-15-31-24)28-26(34-27)20-10-8-16(9-11-23(29)30)12-21(20)33-28/h4-8,10,12-15,23H,9,11H2,1-3H3. The van der Waals surface area contributed by atoms with E-state index in [9.17, 15) is 8.78 Å². The molecule has 0 spiro atoms. The van der Waals surface area contributed by atoms with E-state index in [0.717, 1.165) is 36.4 Å². The van der Waals surface area contributed by atoms with Crippen molar-refractivity contribution in [2.45, 2.75) is 38.9 Å². The molecule has 0 amide bonds. The van der Waals surface area contributed by atoms with Crippen molar-refractivity contribution in [1.82, 2.24) is 9.97 Å². The molecule has 0 N–H and O–H groups in total. The molecule has 6 rings (SSSR count). The Balaban J connectivity index is 1.54. The van der Waals surface area contributed by atoms with Gasteiger partial charge in [-0.3, -0.25) is 0 Å². The molecule has 3 heterocycles. The fourth-order valence-corrected chi connectivity index (χ4v) is 9.18. The molecule has 6 aromatic rings. The summed E-state index contributed by atoms with van der Waals surface area (Å²) in [5, 5.41) is 5.19. The minimum Gasteiger partial charge on any atom is -0.235 e. The molecule has 0 aliphatic heterocycles. The number of thiophene rings is 2. The third kappa shape index (κ3) is 3.95. The number of alkyl halides is 2. The predicted octanol–water partition coefficient (Wildman–Crippen LogP) is 8.62. The van der Waals surface area contributed by atoms with Gasteiger partial charge < -0.3 is 0 Å². The number of hydrogen-bond acceptors (Lipinski definition) is 4. The van der Waals surface area contributed by atoms with Crippen LogP contribution in [-0.4, -0.2) is 24.5 Å². The first-order chi connectivity index (χ1) is 16.8. The quantitative estimate of drug-likeness (QED) is 0.214. The van der Waals surface area contributed by atoms with Gasteiger partial charge in [0.25, 0.3) is 0 Å². The third-order valence-corrected chi connectivity index (χ3v) is 11.1. The molecule has 0 bridgehead atoms. The molecule has 0 unspecified atom stereocenters. The molecule has 0 aliphatic carbocycles. The first kappa shape index (κ1) is 22.7. The number of benzene rings is 3. The van der Waals surface area contributed by atoms with Crippen molar-refractivity contribution < 1.29 is 8.78 Å². The van der Waals surface area contributed by atoms with E-state index in [0.29, 0.717) is 6.42 Å². The molecule has 176 valence electrons. The lowest BCUT2D eigenvalue weighted by molar-refractivity contribution is 0.138. The first-order valence-corrected chi connectivity index (χ1v) is 16.8. The SMILES string of the molecule is C[Si](C)(C)c1cc(-c2ncnc3c2sc2c4ccc(CCC(F)F)cc4sc32)cc2ccccc12. The highest BCUT2D eigenvalue weighted by molar-refractivity contribution is 7.36. The molecule has 0 saturated carbocycles. The number of fused-ring (bicyclic) bond motifs is 6. The Hall–Kier alpha value is -2.74. The van der Waals surface area contributed by atoms with Gasteiger partial charge in [-0.05, 0) is 34.9 Å². The predicted molar refractivity (Wildman–Crippen MR) is 151 cm³/mol. The average molecular weight is 519 g/mol. The summed E-state index contributed by atoms with van der Waals surface area (Å²) in [6.45, 7) is 7.16. The van der Waals surface area contributed by atoms with Gasteiger partial charge in [0.1, 0.15) is 11.8 Å². The molecule has 3 aromatic heterocycles. The number of halogens is 2. The summed E-state index contributed by atoms with van der Waals surface area (Å²) in [5.41, 5.74) is 4.06. The molecule has 0 fully saturated rings. The maximum atomic E-state index is 12.7. The molecule has 0 saturated heterocycles. The van der Waals surface area contributed by atoms with Crippen molar-refractivity contribution >= 4 is 76.4 Å². The van der Waals surface area contributed by atoms with Crippen LogP contribution < -0.4 is 5.19 Å². The Morgan fingerprint density at radius 2 is 1.69 bits per heavy atom. The van der Waals surface area contributed by atoms with Crippen molar-refractivity contribution in [3.63, 3.8) is 0 Å². The van der Waals surface area contributed by atoms with E-state index in [-0.39, 0.29) is 6.42 Å². The zero-order valence-corrected chi connectivity index (χ0v) is 22.4. The van der Waals surface area contributed by atoms with Crippen molar-refractivity contribution in [2.24, 2.45) is 0 Å². The second kappa shape index (κ2) is 8.43. The monoisotopic (exact) mass is 518 g/mol. The van der Waals surface area contributed by atoms with Crippen LogP contribution in [0.3, 0.4) is 0 Å². The fraction of sp³-hybridized carbons (Fsp3) is 0.214. The minimum absolute atomic E-state index is 0.101. The second-order valence-electron chi connectivity index (χ2n) is 10.0. The Morgan fingerprint density at radius 3 is 2.49 bits per heavy atom. The second-order valence-corrected chi connectivity index (χ2v) is 17.1. The highest BCUT2D eigenvalue weighted by Gasteiger charge is 2.22. The zero-order chi connectivity index (χ0) is 24.3. The molecule has 35 heavy (non-hydrogen) atoms. The minimum atomic E-state index is -2.27. The number of rotatable bonds is 5. The molecule has 3 aromatic carbocycles. The Kier molecular flexibility index (Phi) is 5.47. The molecule has 0 radical (unpaired) electrons. The van der Waals surface area contributed by atoms with Crippen LogP contribution in [0, 0.1) is 0 Å². The van der Waals surface area contributed by atoms with Crippen LogP contribution in [0.1, 0.15) is 12.0 Å². The van der Waals surface area contributed by atoms with Crippen LogP contribution in [0.15, 0.2) is 60.9 Å². The molecule has 2 nitrogen and oxygen atoms in total. The lowest BCUT2D eigenvalue weighted by Crippen LogP contribution is -2.38. The lowest BCUT2D eigenvalue weighted by Gasteiger charge is -2.21. The number of aromatic nitrogens is 2. The van der Waals surface area contributed by atoms with Gasteiger partial charge in [-0.15, -0.1) is 22.7 Å². The van der Waals surface area contributed by atoms with Gasteiger partial charge in [0.15, 0.2) is 0 Å². The van der Waals surface area contributed by atoms with E-state index in [1.807, 2.05) is 6.07 Å². The summed E-state index contributed by atoms with van der Waals surface area (Å²) < 4.78 is 29.9.